The second kappa shape index (κ2) is 3.34. The molecule has 0 saturated heterocycles. The van der Waals surface area contributed by atoms with E-state index in [4.69, 9.17) is 0 Å². The lowest BCUT2D eigenvalue weighted by Gasteiger charge is -2.54. The van der Waals surface area contributed by atoms with Crippen LogP contribution in [-0.4, -0.2) is 17.7 Å². The summed E-state index contributed by atoms with van der Waals surface area (Å²) in [5.41, 5.74) is 0. The molecular weight excluding hydrogens is 236 g/mol. The van der Waals surface area contributed by atoms with Crippen LogP contribution in [0.5, 0.6) is 0 Å². The van der Waals surface area contributed by atoms with Gasteiger partial charge in [0.2, 0.25) is 0 Å². The minimum Gasteiger partial charge on any atom is -0.285 e. The van der Waals surface area contributed by atoms with E-state index in [0.717, 1.165) is 19.3 Å². The van der Waals surface area contributed by atoms with Gasteiger partial charge in [-0.15, -0.1) is 12.4 Å². The van der Waals surface area contributed by atoms with E-state index < -0.39 is 14.9 Å². The van der Waals surface area contributed by atoms with Crippen molar-refractivity contribution < 1.29 is 13.0 Å². The zero-order valence-corrected chi connectivity index (χ0v) is 10.2. The molecule has 3 nitrogen and oxygen atoms in total. The van der Waals surface area contributed by atoms with E-state index in [9.17, 15) is 13.0 Å². The number of rotatable bonds is 1. The molecular formula is C10H17ClO3S. The molecule has 0 spiro atoms. The smallest absolute Gasteiger partial charge is 0.270 e. The van der Waals surface area contributed by atoms with Crippen molar-refractivity contribution in [3.05, 3.63) is 0 Å². The number of halogens is 1. The highest BCUT2D eigenvalue weighted by Crippen LogP contribution is 2.58. The van der Waals surface area contributed by atoms with Crippen LogP contribution in [0.15, 0.2) is 0 Å². The molecule has 0 aliphatic heterocycles. The quantitative estimate of drug-likeness (QED) is 0.729. The summed E-state index contributed by atoms with van der Waals surface area (Å²) in [5, 5.41) is 0. The molecule has 0 amide bonds. The van der Waals surface area contributed by atoms with Crippen LogP contribution in [0.25, 0.3) is 0 Å². The zero-order valence-electron chi connectivity index (χ0n) is 8.55. The second-order valence-electron chi connectivity index (χ2n) is 5.58. The van der Waals surface area contributed by atoms with E-state index in [1.165, 1.54) is 19.3 Å². The topological polar surface area (TPSA) is 54.4 Å². The Morgan fingerprint density at radius 2 is 1.27 bits per heavy atom. The van der Waals surface area contributed by atoms with E-state index in [2.05, 4.69) is 0 Å². The molecule has 4 aliphatic carbocycles. The van der Waals surface area contributed by atoms with Gasteiger partial charge in [-0.05, 0) is 56.3 Å². The fourth-order valence-electron chi connectivity index (χ4n) is 4.35. The van der Waals surface area contributed by atoms with Crippen LogP contribution in [0.1, 0.15) is 38.5 Å². The third kappa shape index (κ3) is 1.61. The van der Waals surface area contributed by atoms with E-state index >= 15 is 0 Å². The Labute approximate surface area is 96.8 Å². The van der Waals surface area contributed by atoms with Crippen molar-refractivity contribution >= 4 is 22.5 Å². The largest absolute Gasteiger partial charge is 0.285 e. The molecule has 5 heteroatoms. The van der Waals surface area contributed by atoms with Crippen molar-refractivity contribution in [1.82, 2.24) is 0 Å². The molecule has 0 aromatic heterocycles. The van der Waals surface area contributed by atoms with Crippen molar-refractivity contribution in [3.63, 3.8) is 0 Å². The molecule has 1 N–H and O–H groups in total. The van der Waals surface area contributed by atoms with Gasteiger partial charge in [0, 0.05) is 0 Å². The molecule has 0 unspecified atom stereocenters. The van der Waals surface area contributed by atoms with Gasteiger partial charge in [-0.1, -0.05) is 0 Å². The third-order valence-electron chi connectivity index (χ3n) is 4.53. The Morgan fingerprint density at radius 3 is 1.53 bits per heavy atom. The van der Waals surface area contributed by atoms with Crippen LogP contribution in [0.3, 0.4) is 0 Å². The Kier molecular flexibility index (Phi) is 2.60. The first-order valence-corrected chi connectivity index (χ1v) is 6.89. The maximum atomic E-state index is 11.4. The lowest BCUT2D eigenvalue weighted by Crippen LogP contribution is -2.54. The van der Waals surface area contributed by atoms with Crippen LogP contribution in [0.4, 0.5) is 0 Å². The van der Waals surface area contributed by atoms with E-state index in [1.807, 2.05) is 0 Å². The van der Waals surface area contributed by atoms with Crippen LogP contribution in [0.2, 0.25) is 0 Å². The highest BCUT2D eigenvalue weighted by molar-refractivity contribution is 7.87. The fourth-order valence-corrected chi connectivity index (χ4v) is 5.69. The molecule has 4 fully saturated rings. The second-order valence-corrected chi connectivity index (χ2v) is 7.39. The molecule has 0 atom stereocenters. The van der Waals surface area contributed by atoms with Gasteiger partial charge in [-0.3, -0.25) is 4.55 Å². The van der Waals surface area contributed by atoms with Crippen LogP contribution in [-0.2, 0) is 10.1 Å². The molecule has 4 saturated carbocycles. The Hall–Kier alpha value is 0.200. The highest BCUT2D eigenvalue weighted by Gasteiger charge is 2.57. The van der Waals surface area contributed by atoms with Gasteiger partial charge in [0.15, 0.2) is 0 Å². The summed E-state index contributed by atoms with van der Waals surface area (Å²) in [4.78, 5) is 0. The summed E-state index contributed by atoms with van der Waals surface area (Å²) in [6.45, 7) is 0. The van der Waals surface area contributed by atoms with Gasteiger partial charge in [0.05, 0.1) is 4.75 Å². The Balaban J connectivity index is 0.000000853. The van der Waals surface area contributed by atoms with Crippen LogP contribution >= 0.6 is 12.4 Å². The molecule has 4 bridgehead atoms. The van der Waals surface area contributed by atoms with Gasteiger partial charge in [0.25, 0.3) is 10.1 Å². The summed E-state index contributed by atoms with van der Waals surface area (Å²) in [6.07, 6.45) is 5.77. The normalized spacial score (nSPS) is 47.7. The average Bonchev–Trinajstić information content (AvgIpc) is 1.98. The lowest BCUT2D eigenvalue weighted by atomic mass is 9.56. The SMILES string of the molecule is Cl.O=S(=O)(O)C12CC3CC(CC(C3)C1)C2. The minimum absolute atomic E-state index is 0. The van der Waals surface area contributed by atoms with Crippen LogP contribution in [0, 0.1) is 17.8 Å². The van der Waals surface area contributed by atoms with Gasteiger partial charge in [-0.25, -0.2) is 0 Å². The fraction of sp³-hybridized carbons (Fsp3) is 1.00. The van der Waals surface area contributed by atoms with E-state index in [0.29, 0.717) is 17.8 Å². The monoisotopic (exact) mass is 252 g/mol. The third-order valence-corrected chi connectivity index (χ3v) is 6.12. The molecule has 0 aromatic rings. The maximum Gasteiger partial charge on any atom is 0.270 e. The molecule has 15 heavy (non-hydrogen) atoms. The van der Waals surface area contributed by atoms with Crippen molar-refractivity contribution in [1.29, 1.82) is 0 Å². The van der Waals surface area contributed by atoms with Gasteiger partial charge < -0.3 is 0 Å². The van der Waals surface area contributed by atoms with Gasteiger partial charge >= 0.3 is 0 Å². The van der Waals surface area contributed by atoms with Crippen molar-refractivity contribution in [2.24, 2.45) is 17.8 Å². The average molecular weight is 253 g/mol. The number of hydrogen-bond acceptors (Lipinski definition) is 2. The predicted molar refractivity (Wildman–Crippen MR) is 59.7 cm³/mol. The summed E-state index contributed by atoms with van der Waals surface area (Å²) in [5.74, 6) is 1.72. The van der Waals surface area contributed by atoms with Gasteiger partial charge in [0.1, 0.15) is 0 Å². The summed E-state index contributed by atoms with van der Waals surface area (Å²) in [6, 6.07) is 0. The summed E-state index contributed by atoms with van der Waals surface area (Å²) in [7, 11) is -3.82. The molecule has 0 aromatic carbocycles. The van der Waals surface area contributed by atoms with E-state index in [-0.39, 0.29) is 12.4 Å². The van der Waals surface area contributed by atoms with Crippen molar-refractivity contribution in [3.8, 4) is 0 Å². The minimum atomic E-state index is -3.82. The molecule has 4 aliphatic rings. The Morgan fingerprint density at radius 1 is 0.933 bits per heavy atom. The standard InChI is InChI=1S/C10H16O3S.ClH/c11-14(12,13)10-4-7-1-8(5-10)3-9(2-7)6-10;/h7-9H,1-6H2,(H,11,12,13);1H. The number of hydrogen-bond donors (Lipinski definition) is 1. The highest BCUT2D eigenvalue weighted by atomic mass is 35.5. The molecule has 88 valence electrons. The lowest BCUT2D eigenvalue weighted by molar-refractivity contribution is 0.0303. The van der Waals surface area contributed by atoms with Crippen molar-refractivity contribution in [2.75, 3.05) is 0 Å². The van der Waals surface area contributed by atoms with Crippen LogP contribution < -0.4 is 0 Å². The zero-order chi connectivity index (χ0) is 9.97. The summed E-state index contributed by atoms with van der Waals surface area (Å²) < 4.78 is 31.5. The first-order valence-electron chi connectivity index (χ1n) is 5.45. The Bertz CT molecular complexity index is 328. The first-order chi connectivity index (χ1) is 6.48. The van der Waals surface area contributed by atoms with E-state index in [1.54, 1.807) is 0 Å². The maximum absolute atomic E-state index is 11.4. The molecule has 0 heterocycles. The van der Waals surface area contributed by atoms with Gasteiger partial charge in [-0.2, -0.15) is 8.42 Å². The molecule has 4 rings (SSSR count). The predicted octanol–water partition coefficient (Wildman–Crippen LogP) is 2.26. The molecule has 0 radical (unpaired) electrons. The first kappa shape index (κ1) is 11.7. The van der Waals surface area contributed by atoms with Crippen molar-refractivity contribution in [2.45, 2.75) is 43.3 Å². The summed E-state index contributed by atoms with van der Waals surface area (Å²) >= 11 is 0.